The number of carbonyl (C=O) groups is 1. The van der Waals surface area contributed by atoms with Gasteiger partial charge in [0.25, 0.3) is 5.91 Å². The second kappa shape index (κ2) is 8.49. The SMILES string of the molecule is COc1c([C@H]2[C@H](C(=O)Nc3cn(C4COC4)nc3C)O[C@@](C)(C(F)(F)F)[C@H]2C)ccc(F)c1F. The Morgan fingerprint density at radius 2 is 1.97 bits per heavy atom. The van der Waals surface area contributed by atoms with Gasteiger partial charge in [-0.15, -0.1) is 0 Å². The van der Waals surface area contributed by atoms with Crippen LogP contribution in [0.5, 0.6) is 5.75 Å². The lowest BCUT2D eigenvalue weighted by molar-refractivity contribution is -0.272. The van der Waals surface area contributed by atoms with Crippen LogP contribution in [-0.2, 0) is 14.3 Å². The lowest BCUT2D eigenvalue weighted by Gasteiger charge is -2.32. The highest BCUT2D eigenvalue weighted by atomic mass is 19.4. The molecule has 1 aromatic carbocycles. The minimum absolute atomic E-state index is 0.000161. The number of rotatable bonds is 5. The Bertz CT molecular complexity index is 1100. The zero-order chi connectivity index (χ0) is 25.0. The van der Waals surface area contributed by atoms with E-state index in [1.54, 1.807) is 17.8 Å². The van der Waals surface area contributed by atoms with Crippen molar-refractivity contribution in [2.45, 2.75) is 50.6 Å². The van der Waals surface area contributed by atoms with E-state index < -0.39 is 53.0 Å². The first-order chi connectivity index (χ1) is 15.9. The monoisotopic (exact) mass is 489 g/mol. The van der Waals surface area contributed by atoms with Crippen LogP contribution < -0.4 is 10.1 Å². The third-order valence-corrected chi connectivity index (χ3v) is 6.74. The number of hydrogen-bond donors (Lipinski definition) is 1. The van der Waals surface area contributed by atoms with Crippen molar-refractivity contribution in [2.24, 2.45) is 5.92 Å². The Hall–Kier alpha value is -2.73. The molecule has 0 saturated carbocycles. The predicted octanol–water partition coefficient (Wildman–Crippen LogP) is 4.13. The topological polar surface area (TPSA) is 74.6 Å². The normalized spacial score (nSPS) is 27.5. The van der Waals surface area contributed by atoms with Gasteiger partial charge >= 0.3 is 6.18 Å². The van der Waals surface area contributed by atoms with Gasteiger partial charge in [-0.1, -0.05) is 13.0 Å². The fraction of sp³-hybridized carbons (Fsp3) is 0.545. The number of methoxy groups -OCH3 is 1. The highest BCUT2D eigenvalue weighted by molar-refractivity contribution is 5.95. The molecule has 1 N–H and O–H groups in total. The van der Waals surface area contributed by atoms with Crippen molar-refractivity contribution in [1.29, 1.82) is 0 Å². The molecule has 2 fully saturated rings. The highest BCUT2D eigenvalue weighted by Gasteiger charge is 2.66. The van der Waals surface area contributed by atoms with Gasteiger partial charge in [0.1, 0.15) is 6.10 Å². The predicted molar refractivity (Wildman–Crippen MR) is 110 cm³/mol. The van der Waals surface area contributed by atoms with Crippen molar-refractivity contribution in [3.05, 3.63) is 41.2 Å². The summed E-state index contributed by atoms with van der Waals surface area (Å²) < 4.78 is 87.4. The average Bonchev–Trinajstić information content (AvgIpc) is 3.20. The van der Waals surface area contributed by atoms with Gasteiger partial charge < -0.3 is 19.5 Å². The number of carbonyl (C=O) groups excluding carboxylic acids is 1. The fourth-order valence-corrected chi connectivity index (χ4v) is 4.41. The number of amides is 1. The number of benzene rings is 1. The van der Waals surface area contributed by atoms with Crippen LogP contribution in [0.25, 0.3) is 0 Å². The maximum Gasteiger partial charge on any atom is 0.417 e. The standard InChI is InChI=1S/C22H24F5N3O4/c1-10-16(13-5-6-14(23)17(24)18(13)32-4)19(34-21(10,3)22(25,26)27)20(31)28-15-7-30(29-11(15)2)12-8-33-9-12/h5-7,10,12,16,19H,8-9H2,1-4H3,(H,28,31)/t10-,16-,19+,21+/m0/s1. The molecule has 4 rings (SSSR count). The van der Waals surface area contributed by atoms with Gasteiger partial charge in [-0.3, -0.25) is 9.48 Å². The van der Waals surface area contributed by atoms with Crippen LogP contribution in [-0.4, -0.2) is 53.9 Å². The van der Waals surface area contributed by atoms with Crippen LogP contribution in [0.4, 0.5) is 27.6 Å². The molecular formula is C22H24F5N3O4. The van der Waals surface area contributed by atoms with E-state index in [4.69, 9.17) is 14.2 Å². The van der Waals surface area contributed by atoms with Crippen molar-refractivity contribution in [3.8, 4) is 5.75 Å². The highest BCUT2D eigenvalue weighted by Crippen LogP contribution is 2.55. The Morgan fingerprint density at radius 3 is 2.53 bits per heavy atom. The molecule has 186 valence electrons. The molecule has 1 amide bonds. The number of halogens is 5. The summed E-state index contributed by atoms with van der Waals surface area (Å²) in [6, 6.07) is 1.90. The van der Waals surface area contributed by atoms with E-state index in [1.807, 2.05) is 0 Å². The molecule has 1 aromatic heterocycles. The molecule has 2 aromatic rings. The van der Waals surface area contributed by atoms with Gasteiger partial charge in [-0.25, -0.2) is 4.39 Å². The number of aromatic nitrogens is 2. The first-order valence-corrected chi connectivity index (χ1v) is 10.6. The van der Waals surface area contributed by atoms with Crippen LogP contribution >= 0.6 is 0 Å². The molecule has 0 bridgehead atoms. The zero-order valence-electron chi connectivity index (χ0n) is 18.9. The molecule has 0 unspecified atom stereocenters. The largest absolute Gasteiger partial charge is 0.493 e. The number of alkyl halides is 3. The van der Waals surface area contributed by atoms with Crippen LogP contribution in [0.15, 0.2) is 18.3 Å². The van der Waals surface area contributed by atoms with Crippen molar-refractivity contribution in [2.75, 3.05) is 25.6 Å². The molecular weight excluding hydrogens is 465 g/mol. The van der Waals surface area contributed by atoms with E-state index in [2.05, 4.69) is 10.4 Å². The van der Waals surface area contributed by atoms with Gasteiger partial charge in [0.15, 0.2) is 17.2 Å². The number of ether oxygens (including phenoxy) is 3. The van der Waals surface area contributed by atoms with E-state index in [1.165, 1.54) is 6.92 Å². The van der Waals surface area contributed by atoms with Crippen LogP contribution in [0.3, 0.4) is 0 Å². The van der Waals surface area contributed by atoms with Crippen molar-refractivity contribution in [1.82, 2.24) is 9.78 Å². The molecule has 34 heavy (non-hydrogen) atoms. The second-order valence-electron chi connectivity index (χ2n) is 8.73. The maximum atomic E-state index is 14.4. The van der Waals surface area contributed by atoms with Crippen LogP contribution in [0, 0.1) is 24.5 Å². The second-order valence-corrected chi connectivity index (χ2v) is 8.73. The van der Waals surface area contributed by atoms with Gasteiger partial charge in [0.05, 0.1) is 37.7 Å². The number of nitrogens with one attached hydrogen (secondary N) is 1. The molecule has 12 heteroatoms. The van der Waals surface area contributed by atoms with Crippen molar-refractivity contribution in [3.63, 3.8) is 0 Å². The molecule has 2 aliphatic heterocycles. The number of nitrogens with zero attached hydrogens (tertiary/aromatic N) is 2. The molecule has 3 heterocycles. The summed E-state index contributed by atoms with van der Waals surface area (Å²) in [4.78, 5) is 13.3. The summed E-state index contributed by atoms with van der Waals surface area (Å²) in [5.74, 6) is -6.64. The van der Waals surface area contributed by atoms with Crippen LogP contribution in [0.2, 0.25) is 0 Å². The van der Waals surface area contributed by atoms with Gasteiger partial charge in [-0.05, 0) is 19.9 Å². The molecule has 0 spiro atoms. The Labute approximate surface area is 192 Å². The Morgan fingerprint density at radius 1 is 1.29 bits per heavy atom. The summed E-state index contributed by atoms with van der Waals surface area (Å²) in [6.45, 7) is 4.65. The minimum Gasteiger partial charge on any atom is -0.493 e. The summed E-state index contributed by atoms with van der Waals surface area (Å²) >= 11 is 0. The lowest BCUT2D eigenvalue weighted by Crippen LogP contribution is -2.47. The molecule has 2 aliphatic rings. The number of aryl methyl sites for hydroxylation is 1. The van der Waals surface area contributed by atoms with E-state index in [0.717, 1.165) is 26.2 Å². The van der Waals surface area contributed by atoms with Crippen molar-refractivity contribution >= 4 is 11.6 Å². The first-order valence-electron chi connectivity index (χ1n) is 10.6. The van der Waals surface area contributed by atoms with E-state index >= 15 is 0 Å². The molecule has 0 aliphatic carbocycles. The summed E-state index contributed by atoms with van der Waals surface area (Å²) in [6.07, 6.45) is -4.94. The fourth-order valence-electron chi connectivity index (χ4n) is 4.41. The summed E-state index contributed by atoms with van der Waals surface area (Å²) in [5.41, 5.74) is -2.07. The third kappa shape index (κ3) is 3.82. The average molecular weight is 489 g/mol. The third-order valence-electron chi connectivity index (χ3n) is 6.74. The van der Waals surface area contributed by atoms with Crippen molar-refractivity contribution < 1.29 is 41.0 Å². The number of hydrogen-bond acceptors (Lipinski definition) is 5. The summed E-state index contributed by atoms with van der Waals surface area (Å²) in [5, 5.41) is 6.90. The van der Waals surface area contributed by atoms with Gasteiger partial charge in [0, 0.05) is 23.6 Å². The minimum atomic E-state index is -4.84. The summed E-state index contributed by atoms with van der Waals surface area (Å²) in [7, 11) is 1.07. The zero-order valence-corrected chi connectivity index (χ0v) is 18.9. The van der Waals surface area contributed by atoms with E-state index in [9.17, 15) is 26.7 Å². The van der Waals surface area contributed by atoms with Crippen LogP contribution in [0.1, 0.15) is 37.1 Å². The van der Waals surface area contributed by atoms with E-state index in [0.29, 0.717) is 24.6 Å². The molecule has 4 atom stereocenters. The molecule has 0 radical (unpaired) electrons. The molecule has 7 nitrogen and oxygen atoms in total. The van der Waals surface area contributed by atoms with E-state index in [-0.39, 0.29) is 11.6 Å². The smallest absolute Gasteiger partial charge is 0.417 e. The molecule has 2 saturated heterocycles. The Balaban J connectivity index is 1.72. The maximum absolute atomic E-state index is 14.4. The Kier molecular flexibility index (Phi) is 6.09. The van der Waals surface area contributed by atoms with Gasteiger partial charge in [0.2, 0.25) is 5.82 Å². The first kappa shape index (κ1) is 24.4. The van der Waals surface area contributed by atoms with Gasteiger partial charge in [-0.2, -0.15) is 22.7 Å². The lowest BCUT2D eigenvalue weighted by atomic mass is 9.77. The number of anilines is 1. The quantitative estimate of drug-likeness (QED) is 0.640.